The van der Waals surface area contributed by atoms with Crippen LogP contribution in [0.3, 0.4) is 0 Å². The molecule has 1 heterocycles. The Morgan fingerprint density at radius 3 is 2.24 bits per heavy atom. The van der Waals surface area contributed by atoms with E-state index in [1.54, 1.807) is 28.6 Å². The highest BCUT2D eigenvalue weighted by Crippen LogP contribution is 2.18. The van der Waals surface area contributed by atoms with Gasteiger partial charge in [0, 0.05) is 32.8 Å². The van der Waals surface area contributed by atoms with Crippen LogP contribution in [0.1, 0.15) is 18.9 Å². The number of benzene rings is 1. The van der Waals surface area contributed by atoms with Crippen molar-refractivity contribution < 1.29 is 13.5 Å². The Morgan fingerprint density at radius 2 is 1.71 bits per heavy atom. The lowest BCUT2D eigenvalue weighted by atomic mass is 10.2. The van der Waals surface area contributed by atoms with E-state index in [0.717, 1.165) is 31.6 Å². The van der Waals surface area contributed by atoms with Crippen LogP contribution in [-0.4, -0.2) is 62.1 Å². The molecule has 0 spiro atoms. The number of rotatable bonds is 6. The summed E-state index contributed by atoms with van der Waals surface area (Å²) >= 11 is 0. The Labute approximate surface area is 127 Å². The van der Waals surface area contributed by atoms with Crippen LogP contribution in [0.2, 0.25) is 0 Å². The quantitative estimate of drug-likeness (QED) is 0.849. The SMILES string of the molecule is CCCN1CCN(S(=O)(=O)c2ccc(CCO)cc2)CC1. The third-order valence-electron chi connectivity index (χ3n) is 3.83. The van der Waals surface area contributed by atoms with Gasteiger partial charge in [0.15, 0.2) is 0 Å². The van der Waals surface area contributed by atoms with Gasteiger partial charge in [-0.05, 0) is 37.1 Å². The van der Waals surface area contributed by atoms with Crippen LogP contribution in [0.15, 0.2) is 29.2 Å². The van der Waals surface area contributed by atoms with E-state index in [1.807, 2.05) is 0 Å². The molecule has 0 aliphatic carbocycles. The fourth-order valence-corrected chi connectivity index (χ4v) is 4.04. The van der Waals surface area contributed by atoms with Crippen LogP contribution in [0.5, 0.6) is 0 Å². The average molecular weight is 312 g/mol. The minimum Gasteiger partial charge on any atom is -0.396 e. The van der Waals surface area contributed by atoms with Crippen molar-refractivity contribution in [1.82, 2.24) is 9.21 Å². The Morgan fingerprint density at radius 1 is 1.10 bits per heavy atom. The zero-order valence-corrected chi connectivity index (χ0v) is 13.3. The van der Waals surface area contributed by atoms with Crippen molar-refractivity contribution in [1.29, 1.82) is 0 Å². The zero-order valence-electron chi connectivity index (χ0n) is 12.5. The summed E-state index contributed by atoms with van der Waals surface area (Å²) in [5, 5.41) is 8.89. The van der Waals surface area contributed by atoms with Gasteiger partial charge in [-0.2, -0.15) is 4.31 Å². The molecule has 0 atom stereocenters. The summed E-state index contributed by atoms with van der Waals surface area (Å²) in [5.41, 5.74) is 0.948. The van der Waals surface area contributed by atoms with Gasteiger partial charge >= 0.3 is 0 Å². The molecular weight excluding hydrogens is 288 g/mol. The molecule has 0 unspecified atom stereocenters. The monoisotopic (exact) mass is 312 g/mol. The van der Waals surface area contributed by atoms with E-state index in [0.29, 0.717) is 24.4 Å². The number of aliphatic hydroxyl groups is 1. The Hall–Kier alpha value is -0.950. The first-order chi connectivity index (χ1) is 10.1. The minimum atomic E-state index is -3.39. The number of piperazine rings is 1. The first-order valence-electron chi connectivity index (χ1n) is 7.50. The van der Waals surface area contributed by atoms with Crippen LogP contribution >= 0.6 is 0 Å². The van der Waals surface area contributed by atoms with Gasteiger partial charge in [-0.15, -0.1) is 0 Å². The lowest BCUT2D eigenvalue weighted by Crippen LogP contribution is -2.48. The standard InChI is InChI=1S/C15H24N2O3S/c1-2-8-16-9-11-17(12-10-16)21(19,20)15-5-3-14(4-6-15)7-13-18/h3-6,18H,2,7-13H2,1H3. The maximum absolute atomic E-state index is 12.6. The summed E-state index contributed by atoms with van der Waals surface area (Å²) < 4.78 is 26.7. The predicted octanol–water partition coefficient (Wildman–Crippen LogP) is 0.938. The zero-order chi connectivity index (χ0) is 15.3. The summed E-state index contributed by atoms with van der Waals surface area (Å²) in [5.74, 6) is 0. The van der Waals surface area contributed by atoms with Crippen molar-refractivity contribution in [2.75, 3.05) is 39.3 Å². The van der Waals surface area contributed by atoms with Gasteiger partial charge < -0.3 is 10.0 Å². The molecule has 0 saturated carbocycles. The van der Waals surface area contributed by atoms with Crippen molar-refractivity contribution in [2.45, 2.75) is 24.7 Å². The Kier molecular flexibility index (Phi) is 5.75. The lowest BCUT2D eigenvalue weighted by molar-refractivity contribution is 0.188. The summed E-state index contributed by atoms with van der Waals surface area (Å²) in [6, 6.07) is 6.82. The van der Waals surface area contributed by atoms with E-state index >= 15 is 0 Å². The second-order valence-electron chi connectivity index (χ2n) is 5.36. The molecule has 0 bridgehead atoms. The molecule has 2 rings (SSSR count). The van der Waals surface area contributed by atoms with Gasteiger partial charge in [0.1, 0.15) is 0 Å². The Bertz CT molecular complexity index is 535. The third-order valence-corrected chi connectivity index (χ3v) is 5.75. The first kappa shape index (κ1) is 16.4. The van der Waals surface area contributed by atoms with Crippen LogP contribution in [0, 0.1) is 0 Å². The largest absolute Gasteiger partial charge is 0.396 e. The molecule has 1 saturated heterocycles. The van der Waals surface area contributed by atoms with E-state index < -0.39 is 10.0 Å². The molecule has 1 aromatic rings. The second-order valence-corrected chi connectivity index (χ2v) is 7.30. The van der Waals surface area contributed by atoms with Crippen molar-refractivity contribution in [3.63, 3.8) is 0 Å². The normalized spacial score (nSPS) is 18.0. The maximum Gasteiger partial charge on any atom is 0.243 e. The second kappa shape index (κ2) is 7.35. The molecule has 118 valence electrons. The number of aliphatic hydroxyl groups excluding tert-OH is 1. The summed E-state index contributed by atoms with van der Waals surface area (Å²) in [4.78, 5) is 2.64. The molecule has 21 heavy (non-hydrogen) atoms. The van der Waals surface area contributed by atoms with E-state index in [9.17, 15) is 8.42 Å². The highest BCUT2D eigenvalue weighted by molar-refractivity contribution is 7.89. The smallest absolute Gasteiger partial charge is 0.243 e. The molecular formula is C15H24N2O3S. The highest BCUT2D eigenvalue weighted by Gasteiger charge is 2.27. The van der Waals surface area contributed by atoms with E-state index in [2.05, 4.69) is 11.8 Å². The van der Waals surface area contributed by atoms with E-state index in [1.165, 1.54) is 0 Å². The van der Waals surface area contributed by atoms with Gasteiger partial charge in [-0.1, -0.05) is 19.1 Å². The Balaban J connectivity index is 2.04. The average Bonchev–Trinajstić information content (AvgIpc) is 2.49. The first-order valence-corrected chi connectivity index (χ1v) is 8.94. The highest BCUT2D eigenvalue weighted by atomic mass is 32.2. The van der Waals surface area contributed by atoms with Gasteiger partial charge in [-0.3, -0.25) is 0 Å². The topological polar surface area (TPSA) is 60.9 Å². The molecule has 1 aromatic carbocycles. The summed E-state index contributed by atoms with van der Waals surface area (Å²) in [7, 11) is -3.39. The van der Waals surface area contributed by atoms with Crippen molar-refractivity contribution >= 4 is 10.0 Å². The molecule has 1 aliphatic heterocycles. The third kappa shape index (κ3) is 4.03. The van der Waals surface area contributed by atoms with Crippen molar-refractivity contribution in [3.05, 3.63) is 29.8 Å². The van der Waals surface area contributed by atoms with Crippen molar-refractivity contribution in [3.8, 4) is 0 Å². The minimum absolute atomic E-state index is 0.0749. The summed E-state index contributed by atoms with van der Waals surface area (Å²) in [6.45, 7) is 5.96. The number of hydrogen-bond donors (Lipinski definition) is 1. The van der Waals surface area contributed by atoms with Crippen LogP contribution < -0.4 is 0 Å². The fourth-order valence-electron chi connectivity index (χ4n) is 2.62. The van der Waals surface area contributed by atoms with Crippen LogP contribution in [-0.2, 0) is 16.4 Å². The molecule has 1 aliphatic rings. The van der Waals surface area contributed by atoms with Crippen LogP contribution in [0.25, 0.3) is 0 Å². The molecule has 0 radical (unpaired) electrons. The molecule has 0 aromatic heterocycles. The molecule has 6 heteroatoms. The van der Waals surface area contributed by atoms with Gasteiger partial charge in [0.05, 0.1) is 4.90 Å². The number of sulfonamides is 1. The van der Waals surface area contributed by atoms with Gasteiger partial charge in [0.25, 0.3) is 0 Å². The van der Waals surface area contributed by atoms with E-state index in [-0.39, 0.29) is 6.61 Å². The fraction of sp³-hybridized carbons (Fsp3) is 0.600. The predicted molar refractivity (Wildman–Crippen MR) is 82.7 cm³/mol. The maximum atomic E-state index is 12.6. The number of nitrogens with zero attached hydrogens (tertiary/aromatic N) is 2. The lowest BCUT2D eigenvalue weighted by Gasteiger charge is -2.33. The van der Waals surface area contributed by atoms with E-state index in [4.69, 9.17) is 5.11 Å². The molecule has 5 nitrogen and oxygen atoms in total. The number of hydrogen-bond acceptors (Lipinski definition) is 4. The van der Waals surface area contributed by atoms with Crippen molar-refractivity contribution in [2.24, 2.45) is 0 Å². The molecule has 1 N–H and O–H groups in total. The molecule has 0 amide bonds. The molecule has 1 fully saturated rings. The summed E-state index contributed by atoms with van der Waals surface area (Å²) in [6.07, 6.45) is 1.65. The van der Waals surface area contributed by atoms with Crippen LogP contribution in [0.4, 0.5) is 0 Å². The van der Waals surface area contributed by atoms with Gasteiger partial charge in [-0.25, -0.2) is 8.42 Å². The van der Waals surface area contributed by atoms with Gasteiger partial charge in [0.2, 0.25) is 10.0 Å².